The molecule has 2 fully saturated rings. The maximum absolute atomic E-state index is 13.7. The van der Waals surface area contributed by atoms with E-state index in [0.717, 1.165) is 16.4 Å². The van der Waals surface area contributed by atoms with E-state index in [4.69, 9.17) is 39.5 Å². The number of hydrazine groups is 1. The first-order valence-corrected chi connectivity index (χ1v) is 14.4. The van der Waals surface area contributed by atoms with Crippen LogP contribution in [0.4, 0.5) is 0 Å². The summed E-state index contributed by atoms with van der Waals surface area (Å²) in [4.78, 5) is 66.6. The van der Waals surface area contributed by atoms with E-state index in [1.54, 1.807) is 12.1 Å². The van der Waals surface area contributed by atoms with Crippen LogP contribution in [0.2, 0.25) is 15.1 Å². The second kappa shape index (κ2) is 12.3. The normalized spacial score (nSPS) is 19.8. The van der Waals surface area contributed by atoms with Crippen LogP contribution >= 0.6 is 34.8 Å². The molecule has 0 bridgehead atoms. The fourth-order valence-electron chi connectivity index (χ4n) is 5.37. The highest BCUT2D eigenvalue weighted by atomic mass is 35.5. The van der Waals surface area contributed by atoms with Crippen molar-refractivity contribution in [1.82, 2.24) is 10.0 Å². The average Bonchev–Trinajstić information content (AvgIpc) is 3.20. The van der Waals surface area contributed by atoms with Gasteiger partial charge in [0.1, 0.15) is 12.3 Å². The van der Waals surface area contributed by atoms with Crippen LogP contribution in [0.15, 0.2) is 66.7 Å². The molecule has 5 rings (SSSR count). The molecular weight excluding hydrogens is 603 g/mol. The van der Waals surface area contributed by atoms with E-state index in [1.807, 2.05) is 6.92 Å². The van der Waals surface area contributed by atoms with Crippen molar-refractivity contribution in [2.45, 2.75) is 26.2 Å². The molecular formula is C31H25Cl3N2O6. The van der Waals surface area contributed by atoms with Crippen LogP contribution in [0, 0.1) is 17.8 Å². The van der Waals surface area contributed by atoms with Crippen molar-refractivity contribution in [2.75, 3.05) is 6.54 Å². The smallest absolute Gasteiger partial charge is 0.345 e. The quantitative estimate of drug-likeness (QED) is 0.128. The molecule has 3 aromatic carbocycles. The molecule has 3 aromatic rings. The maximum atomic E-state index is 13.7. The maximum Gasteiger partial charge on any atom is 0.345 e. The predicted molar refractivity (Wildman–Crippen MR) is 157 cm³/mol. The number of hydrogen-bond acceptors (Lipinski definition) is 6. The summed E-state index contributed by atoms with van der Waals surface area (Å²) in [6.45, 7) is 1.44. The van der Waals surface area contributed by atoms with Crippen LogP contribution in [0.3, 0.4) is 0 Å². The number of ketones is 1. The highest BCUT2D eigenvalue weighted by Crippen LogP contribution is 2.41. The molecule has 2 aliphatic rings. The Morgan fingerprint density at radius 2 is 1.55 bits per heavy atom. The van der Waals surface area contributed by atoms with E-state index in [1.165, 1.54) is 54.6 Å². The van der Waals surface area contributed by atoms with Crippen LogP contribution in [-0.4, -0.2) is 46.0 Å². The van der Waals surface area contributed by atoms with Gasteiger partial charge in [-0.3, -0.25) is 19.2 Å². The van der Waals surface area contributed by atoms with Gasteiger partial charge in [-0.25, -0.2) is 9.80 Å². The van der Waals surface area contributed by atoms with Gasteiger partial charge in [0.25, 0.3) is 17.7 Å². The van der Waals surface area contributed by atoms with Crippen LogP contribution < -0.4 is 4.74 Å². The molecule has 42 heavy (non-hydrogen) atoms. The number of nitrogens with zero attached hydrogens (tertiary/aromatic N) is 2. The van der Waals surface area contributed by atoms with Gasteiger partial charge < -0.3 is 4.74 Å². The predicted octanol–water partition coefficient (Wildman–Crippen LogP) is 6.53. The van der Waals surface area contributed by atoms with Crippen molar-refractivity contribution in [3.8, 4) is 5.75 Å². The van der Waals surface area contributed by atoms with Gasteiger partial charge in [0.15, 0.2) is 5.78 Å². The van der Waals surface area contributed by atoms with Crippen molar-refractivity contribution < 1.29 is 28.7 Å². The highest BCUT2D eigenvalue weighted by Gasteiger charge is 2.53. The number of carbonyl (C=O) groups is 5. The van der Waals surface area contributed by atoms with E-state index in [-0.39, 0.29) is 38.4 Å². The molecule has 3 atom stereocenters. The van der Waals surface area contributed by atoms with Crippen molar-refractivity contribution >= 4 is 64.3 Å². The van der Waals surface area contributed by atoms with Gasteiger partial charge in [-0.2, -0.15) is 5.01 Å². The van der Waals surface area contributed by atoms with E-state index in [0.29, 0.717) is 17.9 Å². The number of halogens is 3. The van der Waals surface area contributed by atoms with Crippen LogP contribution in [0.5, 0.6) is 5.75 Å². The topological polar surface area (TPSA) is 101 Å². The fraction of sp³-hybridized carbons (Fsp3) is 0.258. The summed E-state index contributed by atoms with van der Waals surface area (Å²) < 4.78 is 5.36. The van der Waals surface area contributed by atoms with Crippen molar-refractivity contribution in [3.05, 3.63) is 98.5 Å². The lowest BCUT2D eigenvalue weighted by Crippen LogP contribution is -2.52. The number of imide groups is 1. The molecule has 0 aromatic heterocycles. The molecule has 1 aliphatic carbocycles. The van der Waals surface area contributed by atoms with Gasteiger partial charge in [0.05, 0.1) is 33.0 Å². The van der Waals surface area contributed by atoms with Crippen LogP contribution in [0.25, 0.3) is 0 Å². The number of ether oxygens (including phenoxy) is 1. The van der Waals surface area contributed by atoms with Crippen molar-refractivity contribution in [1.29, 1.82) is 0 Å². The molecule has 0 N–H and O–H groups in total. The van der Waals surface area contributed by atoms with E-state index in [2.05, 4.69) is 0 Å². The lowest BCUT2D eigenvalue weighted by molar-refractivity contribution is -0.154. The zero-order chi connectivity index (χ0) is 30.1. The van der Waals surface area contributed by atoms with E-state index >= 15 is 0 Å². The third-order valence-corrected chi connectivity index (χ3v) is 8.45. The molecule has 11 heteroatoms. The SMILES string of the molecule is C[C@@H]1CC[C@@H]2C(=O)N(N(CC(=O)c3ccc(OC(=O)c4ccc(Cl)cc4Cl)cc3)C(=O)c3ccccc3Cl)C(=O)[C@H]2C1. The monoisotopic (exact) mass is 626 g/mol. The largest absolute Gasteiger partial charge is 0.423 e. The van der Waals surface area contributed by atoms with Crippen molar-refractivity contribution in [2.24, 2.45) is 17.8 Å². The number of benzene rings is 3. The van der Waals surface area contributed by atoms with Gasteiger partial charge in [0, 0.05) is 10.6 Å². The lowest BCUT2D eigenvalue weighted by Gasteiger charge is -2.30. The summed E-state index contributed by atoms with van der Waals surface area (Å²) >= 11 is 18.2. The second-order valence-corrected chi connectivity index (χ2v) is 11.7. The zero-order valence-corrected chi connectivity index (χ0v) is 24.7. The summed E-state index contributed by atoms with van der Waals surface area (Å²) in [5.41, 5.74) is 0.338. The lowest BCUT2D eigenvalue weighted by atomic mass is 9.76. The minimum absolute atomic E-state index is 0.0546. The average molecular weight is 628 g/mol. The third-order valence-electron chi connectivity index (χ3n) is 7.58. The van der Waals surface area contributed by atoms with Gasteiger partial charge in [-0.05, 0) is 79.8 Å². The number of hydrogen-bond donors (Lipinski definition) is 0. The summed E-state index contributed by atoms with van der Waals surface area (Å²) in [6, 6.07) is 16.3. The van der Waals surface area contributed by atoms with Gasteiger partial charge in [-0.1, -0.05) is 53.9 Å². The molecule has 8 nitrogen and oxygen atoms in total. The standard InChI is InChI=1S/C31H25Cl3N2O6/c1-17-6-12-21-24(14-17)30(40)36(29(21)39)35(28(38)22-4-2-3-5-25(22)33)16-27(37)18-7-10-20(11-8-18)42-31(41)23-13-9-19(32)15-26(23)34/h2-5,7-11,13,15,17,21,24H,6,12,14,16H2,1H3/t17-,21+,24+/m1/s1. The molecule has 0 spiro atoms. The molecule has 1 aliphatic heterocycles. The van der Waals surface area contributed by atoms with Crippen molar-refractivity contribution in [3.63, 3.8) is 0 Å². The molecule has 1 heterocycles. The first-order chi connectivity index (χ1) is 20.0. The summed E-state index contributed by atoms with van der Waals surface area (Å²) in [5, 5.41) is 2.35. The summed E-state index contributed by atoms with van der Waals surface area (Å²) in [5.74, 6) is -3.65. The fourth-order valence-corrected chi connectivity index (χ4v) is 6.07. The number of fused-ring (bicyclic) bond motifs is 1. The molecule has 0 radical (unpaired) electrons. The molecule has 1 saturated heterocycles. The van der Waals surface area contributed by atoms with Gasteiger partial charge in [-0.15, -0.1) is 0 Å². The number of rotatable bonds is 7. The molecule has 1 saturated carbocycles. The highest BCUT2D eigenvalue weighted by molar-refractivity contribution is 6.36. The Balaban J connectivity index is 1.38. The van der Waals surface area contributed by atoms with Gasteiger partial charge >= 0.3 is 5.97 Å². The molecule has 3 amide bonds. The number of amides is 3. The van der Waals surface area contributed by atoms with Crippen LogP contribution in [0.1, 0.15) is 57.3 Å². The Hall–Kier alpha value is -3.72. The first-order valence-electron chi connectivity index (χ1n) is 13.3. The number of Topliss-reactive ketones (excluding diaryl/α,β-unsaturated/α-hetero) is 1. The van der Waals surface area contributed by atoms with E-state index in [9.17, 15) is 24.0 Å². The summed E-state index contributed by atoms with van der Waals surface area (Å²) in [6.07, 6.45) is 1.87. The third kappa shape index (κ3) is 5.93. The van der Waals surface area contributed by atoms with Gasteiger partial charge in [0.2, 0.25) is 0 Å². The number of esters is 1. The minimum atomic E-state index is -0.743. The molecule has 0 unspecified atom stereocenters. The Labute approximate surface area is 257 Å². The molecule has 216 valence electrons. The Bertz CT molecular complexity index is 1590. The Morgan fingerprint density at radius 1 is 0.857 bits per heavy atom. The zero-order valence-electron chi connectivity index (χ0n) is 22.4. The minimum Gasteiger partial charge on any atom is -0.423 e. The number of carbonyl (C=O) groups excluding carboxylic acids is 5. The Kier molecular flexibility index (Phi) is 8.68. The second-order valence-electron chi connectivity index (χ2n) is 10.4. The summed E-state index contributed by atoms with van der Waals surface area (Å²) in [7, 11) is 0. The first kappa shape index (κ1) is 29.8. The Morgan fingerprint density at radius 3 is 2.24 bits per heavy atom. The van der Waals surface area contributed by atoms with E-state index < -0.39 is 47.9 Å². The van der Waals surface area contributed by atoms with Crippen LogP contribution in [-0.2, 0) is 9.59 Å².